The first-order valence-electron chi connectivity index (χ1n) is 5.75. The van der Waals surface area contributed by atoms with Crippen LogP contribution in [0.4, 0.5) is 0 Å². The van der Waals surface area contributed by atoms with Crippen LogP contribution in [-0.2, 0) is 9.84 Å². The van der Waals surface area contributed by atoms with Crippen molar-refractivity contribution < 1.29 is 4.52 Å². The Kier molecular flexibility index (Phi) is 6.11. The van der Waals surface area contributed by atoms with E-state index in [-0.39, 0.29) is 0 Å². The molecule has 0 aliphatic carbocycles. The number of hydrogen-bond donors (Lipinski definition) is 0. The van der Waals surface area contributed by atoms with E-state index >= 15 is 0 Å². The minimum atomic E-state index is -1.57. The van der Waals surface area contributed by atoms with Gasteiger partial charge in [-0.25, -0.2) is 0 Å². The fourth-order valence-corrected chi connectivity index (χ4v) is 11.1. The molecule has 0 radical (unpaired) electrons. The van der Waals surface area contributed by atoms with Gasteiger partial charge in [0.25, 0.3) is 0 Å². The number of rotatable bonds is 5. The van der Waals surface area contributed by atoms with Gasteiger partial charge in [-0.15, -0.1) is 0 Å². The molecular formula is C14H14BrOPSe2. The molecule has 1 unspecified atom stereocenters. The summed E-state index contributed by atoms with van der Waals surface area (Å²) in [6.07, 6.45) is 0. The minimum absolute atomic E-state index is 0.382. The fraction of sp³-hybridized carbons (Fsp3) is 0.143. The van der Waals surface area contributed by atoms with E-state index in [1.165, 1.54) is 15.3 Å². The van der Waals surface area contributed by atoms with Gasteiger partial charge in [-0.2, -0.15) is 0 Å². The molecule has 0 saturated carbocycles. The van der Waals surface area contributed by atoms with E-state index in [2.05, 4.69) is 79.6 Å². The van der Waals surface area contributed by atoms with Crippen LogP contribution in [0.1, 0.15) is 5.56 Å². The van der Waals surface area contributed by atoms with Crippen molar-refractivity contribution in [1.29, 1.82) is 0 Å². The van der Waals surface area contributed by atoms with E-state index in [4.69, 9.17) is 4.52 Å². The molecule has 1 atom stereocenters. The molecule has 100 valence electrons. The molecule has 0 aromatic heterocycles. The van der Waals surface area contributed by atoms with Gasteiger partial charge < -0.3 is 0 Å². The molecule has 0 bridgehead atoms. The van der Waals surface area contributed by atoms with Crippen LogP contribution in [0.5, 0.6) is 0 Å². The molecule has 2 rings (SSSR count). The Morgan fingerprint density at radius 2 is 1.74 bits per heavy atom. The quantitative estimate of drug-likeness (QED) is 0.483. The molecule has 5 heteroatoms. The summed E-state index contributed by atoms with van der Waals surface area (Å²) in [7, 11) is 1.82. The van der Waals surface area contributed by atoms with Gasteiger partial charge >= 0.3 is 137 Å². The van der Waals surface area contributed by atoms with Gasteiger partial charge in [0.05, 0.1) is 0 Å². The van der Waals surface area contributed by atoms with Gasteiger partial charge in [0.15, 0.2) is 0 Å². The molecule has 0 heterocycles. The Bertz CT molecular complexity index is 589. The monoisotopic (exact) mass is 468 g/mol. The second-order valence-electron chi connectivity index (χ2n) is 3.88. The molecular weight excluding hydrogens is 453 g/mol. The van der Waals surface area contributed by atoms with Crippen molar-refractivity contribution in [3.8, 4) is 0 Å². The summed E-state index contributed by atoms with van der Waals surface area (Å²) in [4.78, 5) is 0. The number of halogens is 1. The zero-order chi connectivity index (χ0) is 13.7. The maximum absolute atomic E-state index is 5.85. The molecule has 0 amide bonds. The SMILES string of the molecule is COP(=[Se])([Se]Cc1ccccc1Br)c1ccccc1. The first kappa shape index (κ1) is 15.7. The number of hydrogen-bond acceptors (Lipinski definition) is 1. The molecule has 19 heavy (non-hydrogen) atoms. The van der Waals surface area contributed by atoms with Crippen molar-refractivity contribution >= 4 is 55.3 Å². The van der Waals surface area contributed by atoms with E-state index in [0.717, 1.165) is 5.32 Å². The Morgan fingerprint density at radius 1 is 1.11 bits per heavy atom. The Hall–Kier alpha value is 0.349. The third-order valence-corrected chi connectivity index (χ3v) is 16.9. The normalized spacial score (nSPS) is 14.0. The topological polar surface area (TPSA) is 9.23 Å². The second kappa shape index (κ2) is 7.38. The van der Waals surface area contributed by atoms with Crippen LogP contribution in [-0.4, -0.2) is 36.7 Å². The average Bonchev–Trinajstić information content (AvgIpc) is 2.47. The van der Waals surface area contributed by atoms with Crippen LogP contribution in [0.2, 0.25) is 0 Å². The maximum atomic E-state index is 5.85. The van der Waals surface area contributed by atoms with E-state index < -0.39 is 4.43 Å². The Labute approximate surface area is 136 Å². The second-order valence-corrected chi connectivity index (χ2v) is 19.1. The van der Waals surface area contributed by atoms with Crippen LogP contribution >= 0.6 is 20.4 Å². The van der Waals surface area contributed by atoms with E-state index in [1.807, 2.05) is 13.2 Å². The van der Waals surface area contributed by atoms with Gasteiger partial charge in [-0.3, -0.25) is 0 Å². The van der Waals surface area contributed by atoms with Crippen LogP contribution in [0, 0.1) is 0 Å². The van der Waals surface area contributed by atoms with Crippen molar-refractivity contribution in [2.45, 2.75) is 5.32 Å². The van der Waals surface area contributed by atoms with E-state index in [0.29, 0.717) is 14.5 Å². The predicted molar refractivity (Wildman–Crippen MR) is 89.4 cm³/mol. The molecule has 0 N–H and O–H groups in total. The van der Waals surface area contributed by atoms with Crippen LogP contribution < -0.4 is 5.30 Å². The number of benzene rings is 2. The molecule has 0 aliphatic heterocycles. The first-order chi connectivity index (χ1) is 9.15. The van der Waals surface area contributed by atoms with Crippen molar-refractivity contribution in [3.63, 3.8) is 0 Å². The summed E-state index contributed by atoms with van der Waals surface area (Å²) >= 11 is 7.34. The first-order valence-corrected chi connectivity index (χ1v) is 13.9. The molecule has 1 nitrogen and oxygen atoms in total. The van der Waals surface area contributed by atoms with Crippen LogP contribution in [0.25, 0.3) is 0 Å². The zero-order valence-electron chi connectivity index (χ0n) is 10.5. The summed E-state index contributed by atoms with van der Waals surface area (Å²) in [5, 5.41) is 2.38. The van der Waals surface area contributed by atoms with Gasteiger partial charge in [-0.1, -0.05) is 0 Å². The van der Waals surface area contributed by atoms with E-state index in [9.17, 15) is 0 Å². The van der Waals surface area contributed by atoms with Gasteiger partial charge in [0, 0.05) is 0 Å². The van der Waals surface area contributed by atoms with E-state index in [1.54, 1.807) is 0 Å². The Balaban J connectivity index is 2.17. The zero-order valence-corrected chi connectivity index (χ0v) is 16.4. The molecule has 0 spiro atoms. The Morgan fingerprint density at radius 3 is 2.37 bits per heavy atom. The van der Waals surface area contributed by atoms with Crippen LogP contribution in [0.3, 0.4) is 0 Å². The molecule has 2 aromatic rings. The molecule has 0 fully saturated rings. The van der Waals surface area contributed by atoms with Crippen molar-refractivity contribution in [2.24, 2.45) is 0 Å². The molecule has 2 aromatic carbocycles. The predicted octanol–water partition coefficient (Wildman–Crippen LogP) is 3.56. The van der Waals surface area contributed by atoms with Gasteiger partial charge in [-0.05, 0) is 0 Å². The van der Waals surface area contributed by atoms with Crippen molar-refractivity contribution in [2.75, 3.05) is 7.11 Å². The summed E-state index contributed by atoms with van der Waals surface area (Å²) in [5.74, 6) is 0. The van der Waals surface area contributed by atoms with Gasteiger partial charge in [0.2, 0.25) is 0 Å². The summed E-state index contributed by atoms with van der Waals surface area (Å²) in [5.41, 5.74) is 1.36. The summed E-state index contributed by atoms with van der Waals surface area (Å²) in [6, 6.07) is 18.9. The molecule has 0 aliphatic rings. The van der Waals surface area contributed by atoms with Crippen molar-refractivity contribution in [1.82, 2.24) is 0 Å². The average molecular weight is 467 g/mol. The third-order valence-electron chi connectivity index (χ3n) is 2.66. The third kappa shape index (κ3) is 4.16. The van der Waals surface area contributed by atoms with Gasteiger partial charge in [0.1, 0.15) is 0 Å². The fourth-order valence-electron chi connectivity index (χ4n) is 1.61. The van der Waals surface area contributed by atoms with Crippen molar-refractivity contribution in [3.05, 3.63) is 64.6 Å². The summed E-state index contributed by atoms with van der Waals surface area (Å²) in [6.45, 7) is 0. The van der Waals surface area contributed by atoms with Crippen LogP contribution in [0.15, 0.2) is 59.1 Å². The standard InChI is InChI=1S/C14H14BrOPSe2/c1-16-17(18,13-8-3-2-4-9-13)19-11-12-7-5-6-10-14(12)15/h2-10H,11H2,1H3. The molecule has 0 saturated heterocycles. The summed E-state index contributed by atoms with van der Waals surface area (Å²) < 4.78 is 5.47.